The molecular weight excluding hydrogens is 507 g/mol. The number of hydrogen-bond acceptors (Lipinski definition) is 4. The molecule has 4 nitrogen and oxygen atoms in total. The number of ether oxygens (including phenoxy) is 1. The molecule has 7 atom stereocenters. The number of carbonyl (C=O) groups is 1. The Labute approximate surface area is 199 Å². The highest BCUT2D eigenvalue weighted by molar-refractivity contribution is 14.1. The lowest BCUT2D eigenvalue weighted by Crippen LogP contribution is -2.54. The molecule has 1 heterocycles. The number of Topliss-reactive ketones (excluding diaryl/α,β-unsaturated/α-hetero) is 1. The molecule has 1 aliphatic heterocycles. The van der Waals surface area contributed by atoms with Gasteiger partial charge in [-0.25, -0.2) is 0 Å². The molecule has 0 saturated carbocycles. The molecule has 1 rings (SSSR count). The van der Waals surface area contributed by atoms with Crippen LogP contribution in [0.1, 0.15) is 67.7 Å². The number of allylic oxidation sites excluding steroid dienone is 1. The van der Waals surface area contributed by atoms with Crippen LogP contribution in [0.4, 0.5) is 0 Å². The smallest absolute Gasteiger partial charge is 0.192 e. The van der Waals surface area contributed by atoms with Crippen LogP contribution in [0.3, 0.4) is 0 Å². The summed E-state index contributed by atoms with van der Waals surface area (Å²) in [6.45, 7) is 19.8. The molecule has 0 unspecified atom stereocenters. The van der Waals surface area contributed by atoms with Crippen molar-refractivity contribution < 1.29 is 19.1 Å². The average molecular weight is 553 g/mol. The van der Waals surface area contributed by atoms with Gasteiger partial charge in [0.05, 0.1) is 24.9 Å². The van der Waals surface area contributed by atoms with Crippen molar-refractivity contribution in [2.24, 2.45) is 23.7 Å². The fourth-order valence-corrected chi connectivity index (χ4v) is 5.87. The highest BCUT2D eigenvalue weighted by Crippen LogP contribution is 2.41. The summed E-state index contributed by atoms with van der Waals surface area (Å²) in [5.41, 5.74) is 0. The fourth-order valence-electron chi connectivity index (χ4n) is 3.88. The number of aliphatic hydroxyl groups excluding tert-OH is 1. The van der Waals surface area contributed by atoms with Crippen LogP contribution in [0, 0.1) is 23.7 Å². The molecule has 1 aliphatic rings. The molecule has 0 spiro atoms. The van der Waals surface area contributed by atoms with Crippen LogP contribution in [-0.2, 0) is 14.0 Å². The van der Waals surface area contributed by atoms with E-state index in [0.29, 0.717) is 24.7 Å². The van der Waals surface area contributed by atoms with Crippen LogP contribution in [0.5, 0.6) is 0 Å². The molecule has 0 amide bonds. The highest BCUT2D eigenvalue weighted by Gasteiger charge is 2.45. The van der Waals surface area contributed by atoms with Crippen molar-refractivity contribution in [3.63, 3.8) is 0 Å². The van der Waals surface area contributed by atoms with Crippen LogP contribution in [0.15, 0.2) is 10.2 Å². The molecule has 0 aliphatic carbocycles. The Bertz CT molecular complexity index is 572. The third kappa shape index (κ3) is 7.98. The van der Waals surface area contributed by atoms with Crippen LogP contribution in [0.25, 0.3) is 0 Å². The second kappa shape index (κ2) is 11.9. The Morgan fingerprint density at radius 2 is 1.87 bits per heavy atom. The molecule has 30 heavy (non-hydrogen) atoms. The zero-order valence-corrected chi connectivity index (χ0v) is 23.7. The topological polar surface area (TPSA) is 55.8 Å². The van der Waals surface area contributed by atoms with E-state index in [0.717, 1.165) is 6.42 Å². The van der Waals surface area contributed by atoms with E-state index in [-0.39, 0.29) is 47.6 Å². The van der Waals surface area contributed by atoms with Crippen LogP contribution < -0.4 is 0 Å². The zero-order valence-electron chi connectivity index (χ0n) is 20.6. The maximum atomic E-state index is 12.8. The van der Waals surface area contributed by atoms with Gasteiger partial charge in [-0.15, -0.1) is 0 Å². The summed E-state index contributed by atoms with van der Waals surface area (Å²) in [6.07, 6.45) is 3.76. The summed E-state index contributed by atoms with van der Waals surface area (Å²) in [6, 6.07) is 0. The normalized spacial score (nSPS) is 29.0. The van der Waals surface area contributed by atoms with Gasteiger partial charge in [-0.2, -0.15) is 0 Å². The third-order valence-electron chi connectivity index (χ3n) is 7.30. The van der Waals surface area contributed by atoms with Gasteiger partial charge in [0, 0.05) is 12.8 Å². The van der Waals surface area contributed by atoms with E-state index in [4.69, 9.17) is 9.16 Å². The second-order valence-electron chi connectivity index (χ2n) is 11.0. The maximum Gasteiger partial charge on any atom is 0.192 e. The number of rotatable bonds is 10. The first kappa shape index (κ1) is 28.3. The summed E-state index contributed by atoms with van der Waals surface area (Å²) in [5, 5.41) is 9.91. The predicted octanol–water partition coefficient (Wildman–Crippen LogP) is 6.37. The largest absolute Gasteiger partial charge is 0.411 e. The van der Waals surface area contributed by atoms with Gasteiger partial charge in [0.25, 0.3) is 0 Å². The van der Waals surface area contributed by atoms with Crippen molar-refractivity contribution in [3.05, 3.63) is 10.2 Å². The first-order chi connectivity index (χ1) is 13.7. The Balaban J connectivity index is 2.91. The van der Waals surface area contributed by atoms with Gasteiger partial charge in [0.2, 0.25) is 0 Å². The van der Waals surface area contributed by atoms with Crippen molar-refractivity contribution in [1.82, 2.24) is 0 Å². The lowest BCUT2D eigenvalue weighted by molar-refractivity contribution is -0.168. The van der Waals surface area contributed by atoms with Crippen molar-refractivity contribution in [3.8, 4) is 0 Å². The molecule has 0 bridgehead atoms. The molecule has 176 valence electrons. The first-order valence-electron chi connectivity index (χ1n) is 11.5. The van der Waals surface area contributed by atoms with E-state index in [1.807, 2.05) is 4.08 Å². The molecule has 0 radical (unpaired) electrons. The molecule has 0 aromatic rings. The minimum Gasteiger partial charge on any atom is -0.411 e. The number of hydrogen-bond donors (Lipinski definition) is 1. The van der Waals surface area contributed by atoms with Crippen LogP contribution >= 0.6 is 22.6 Å². The van der Waals surface area contributed by atoms with Gasteiger partial charge < -0.3 is 14.3 Å². The summed E-state index contributed by atoms with van der Waals surface area (Å²) in [5.74, 6) is 1.31. The first-order valence-corrected chi connectivity index (χ1v) is 15.6. The van der Waals surface area contributed by atoms with Gasteiger partial charge in [-0.05, 0) is 52.3 Å². The van der Waals surface area contributed by atoms with E-state index < -0.39 is 8.32 Å². The van der Waals surface area contributed by atoms with E-state index in [1.54, 1.807) is 0 Å². The molecular formula is C24H45IO4Si. The number of ketones is 1. The van der Waals surface area contributed by atoms with Crippen molar-refractivity contribution in [1.29, 1.82) is 0 Å². The SMILES string of the molecule is C[C@H](/C=C/I)[C@@H](C)CC(=O)C[C@H](C)[C@@H]1O[C@H](CO)[C@H](C)C[C@@H]1O[Si](C)(C)C(C)(C)C. The van der Waals surface area contributed by atoms with E-state index >= 15 is 0 Å². The monoisotopic (exact) mass is 552 g/mol. The Morgan fingerprint density at radius 1 is 1.27 bits per heavy atom. The molecule has 0 aromatic carbocycles. The number of carbonyl (C=O) groups excluding carboxylic acids is 1. The van der Waals surface area contributed by atoms with Gasteiger partial charge in [0.15, 0.2) is 8.32 Å². The van der Waals surface area contributed by atoms with Gasteiger partial charge >= 0.3 is 0 Å². The summed E-state index contributed by atoms with van der Waals surface area (Å²) < 4.78 is 15.2. The molecule has 0 aromatic heterocycles. The Kier molecular flexibility index (Phi) is 11.2. The molecule has 1 saturated heterocycles. The quantitative estimate of drug-likeness (QED) is 0.253. The lowest BCUT2D eigenvalue weighted by atomic mass is 9.83. The zero-order chi connectivity index (χ0) is 23.3. The van der Waals surface area contributed by atoms with E-state index in [9.17, 15) is 9.90 Å². The maximum absolute atomic E-state index is 12.8. The van der Waals surface area contributed by atoms with Gasteiger partial charge in [0.1, 0.15) is 5.78 Å². The number of aliphatic hydroxyl groups is 1. The standard InChI is InChI=1S/C24H45IO4Si/c1-16(10-11-25)17(2)12-20(27)13-19(4)23-21(14-18(3)22(15-26)28-23)29-30(8,9)24(5,6)7/h10-11,16-19,21-23,26H,12-15H2,1-9H3/b11-10+/t16-,17+,18-,19+,21+,22-,23+/m1/s1. The van der Waals surface area contributed by atoms with Crippen LogP contribution in [0.2, 0.25) is 18.1 Å². The Morgan fingerprint density at radius 3 is 2.37 bits per heavy atom. The molecule has 6 heteroatoms. The summed E-state index contributed by atoms with van der Waals surface area (Å²) >= 11 is 2.23. The fraction of sp³-hybridized carbons (Fsp3) is 0.875. The van der Waals surface area contributed by atoms with E-state index in [1.165, 1.54) is 0 Å². The summed E-state index contributed by atoms with van der Waals surface area (Å²) in [4.78, 5) is 12.8. The predicted molar refractivity (Wildman–Crippen MR) is 136 cm³/mol. The highest BCUT2D eigenvalue weighted by atomic mass is 127. The van der Waals surface area contributed by atoms with Crippen molar-refractivity contribution in [2.75, 3.05) is 6.61 Å². The van der Waals surface area contributed by atoms with Crippen molar-refractivity contribution >= 4 is 36.7 Å². The van der Waals surface area contributed by atoms with E-state index in [2.05, 4.69) is 90.2 Å². The number of halogens is 1. The second-order valence-corrected chi connectivity index (χ2v) is 16.5. The van der Waals surface area contributed by atoms with Gasteiger partial charge in [-0.1, -0.05) is 77.1 Å². The molecule has 1 N–H and O–H groups in total. The lowest BCUT2D eigenvalue weighted by Gasteiger charge is -2.47. The third-order valence-corrected chi connectivity index (χ3v) is 12.2. The van der Waals surface area contributed by atoms with Crippen molar-refractivity contribution in [2.45, 2.75) is 104 Å². The van der Waals surface area contributed by atoms with Gasteiger partial charge in [-0.3, -0.25) is 4.79 Å². The van der Waals surface area contributed by atoms with Crippen LogP contribution in [-0.4, -0.2) is 44.1 Å². The average Bonchev–Trinajstić information content (AvgIpc) is 2.60. The summed E-state index contributed by atoms with van der Waals surface area (Å²) in [7, 11) is -1.97. The minimum absolute atomic E-state index is 0.0162. The minimum atomic E-state index is -1.97. The molecule has 1 fully saturated rings. The Hall–Kier alpha value is 0.237.